The van der Waals surface area contributed by atoms with Gasteiger partial charge in [-0.15, -0.1) is 0 Å². The minimum atomic E-state index is -0.407. The molecule has 0 unspecified atom stereocenters. The largest absolute Gasteiger partial charge is 0.465 e. The zero-order valence-electron chi connectivity index (χ0n) is 18.1. The van der Waals surface area contributed by atoms with E-state index in [-0.39, 0.29) is 11.9 Å². The number of benzene rings is 3. The lowest BCUT2D eigenvalue weighted by Gasteiger charge is -2.15. The summed E-state index contributed by atoms with van der Waals surface area (Å²) >= 11 is 5.92. The Morgan fingerprint density at radius 1 is 1.06 bits per heavy atom. The normalized spacial score (nSPS) is 11.7. The highest BCUT2D eigenvalue weighted by atomic mass is 35.5. The van der Waals surface area contributed by atoms with Crippen LogP contribution in [0.2, 0.25) is 5.02 Å². The maximum absolute atomic E-state index is 13.0. The molecule has 4 aromatic rings. The summed E-state index contributed by atoms with van der Waals surface area (Å²) in [6.45, 7) is 2.37. The molecule has 2 N–H and O–H groups in total. The van der Waals surface area contributed by atoms with E-state index in [0.717, 1.165) is 11.1 Å². The first-order valence-electron chi connectivity index (χ1n) is 10.3. The second kappa shape index (κ2) is 9.75. The van der Waals surface area contributed by atoms with Gasteiger partial charge in [-0.2, -0.15) is 4.98 Å². The highest BCUT2D eigenvalue weighted by Crippen LogP contribution is 2.24. The molecule has 0 saturated carbocycles. The first kappa shape index (κ1) is 22.4. The number of oxazole rings is 1. The van der Waals surface area contributed by atoms with Gasteiger partial charge in [-0.3, -0.25) is 4.79 Å². The number of carbonyl (C=O) groups excluding carboxylic acids is 2. The molecule has 0 fully saturated rings. The second-order valence-corrected chi connectivity index (χ2v) is 7.90. The number of anilines is 1. The lowest BCUT2D eigenvalue weighted by atomic mass is 10.1. The smallest absolute Gasteiger partial charge is 0.337 e. The zero-order valence-corrected chi connectivity index (χ0v) is 18.8. The zero-order chi connectivity index (χ0) is 23.4. The molecule has 0 radical (unpaired) electrons. The third-order valence-electron chi connectivity index (χ3n) is 5.20. The molecule has 1 amide bonds. The van der Waals surface area contributed by atoms with Crippen molar-refractivity contribution in [2.24, 2.45) is 0 Å². The molecule has 4 rings (SSSR count). The van der Waals surface area contributed by atoms with Crippen molar-refractivity contribution in [2.45, 2.75) is 19.5 Å². The van der Waals surface area contributed by atoms with Crippen LogP contribution < -0.4 is 10.6 Å². The van der Waals surface area contributed by atoms with Crippen molar-refractivity contribution >= 4 is 40.6 Å². The molecular weight excluding hydrogens is 442 g/mol. The lowest BCUT2D eigenvalue weighted by molar-refractivity contribution is 0.0600. The molecule has 0 bridgehead atoms. The highest BCUT2D eigenvalue weighted by molar-refractivity contribution is 6.30. The third-order valence-corrected chi connectivity index (χ3v) is 5.45. The van der Waals surface area contributed by atoms with Gasteiger partial charge in [0.25, 0.3) is 11.9 Å². The van der Waals surface area contributed by atoms with Crippen LogP contribution >= 0.6 is 11.6 Å². The van der Waals surface area contributed by atoms with Crippen molar-refractivity contribution in [3.05, 3.63) is 94.0 Å². The number of rotatable bonds is 7. The molecule has 0 saturated heterocycles. The Hall–Kier alpha value is -3.84. The van der Waals surface area contributed by atoms with Crippen LogP contribution in [0.4, 0.5) is 6.01 Å². The summed E-state index contributed by atoms with van der Waals surface area (Å²) < 4.78 is 10.6. The summed E-state index contributed by atoms with van der Waals surface area (Å²) in [5, 5.41) is 6.77. The number of halogens is 1. The average molecular weight is 464 g/mol. The first-order valence-corrected chi connectivity index (χ1v) is 10.7. The Kier molecular flexibility index (Phi) is 6.60. The summed E-state index contributed by atoms with van der Waals surface area (Å²) in [6.07, 6.45) is 0. The van der Waals surface area contributed by atoms with E-state index in [1.807, 2.05) is 31.2 Å². The van der Waals surface area contributed by atoms with Gasteiger partial charge in [0.2, 0.25) is 0 Å². The number of nitrogens with zero attached hydrogens (tertiary/aromatic N) is 1. The molecule has 0 aliphatic carbocycles. The number of aromatic nitrogens is 1. The maximum Gasteiger partial charge on any atom is 0.337 e. The fourth-order valence-electron chi connectivity index (χ4n) is 3.37. The molecule has 1 aromatic heterocycles. The monoisotopic (exact) mass is 463 g/mol. The Balaban J connectivity index is 1.47. The third kappa shape index (κ3) is 5.15. The van der Waals surface area contributed by atoms with Gasteiger partial charge < -0.3 is 19.8 Å². The first-order chi connectivity index (χ1) is 15.9. The molecule has 1 heterocycles. The molecule has 8 heteroatoms. The van der Waals surface area contributed by atoms with Crippen molar-refractivity contribution in [2.75, 3.05) is 12.4 Å². The van der Waals surface area contributed by atoms with Crippen LogP contribution in [0.1, 0.15) is 44.8 Å². The van der Waals surface area contributed by atoms with Gasteiger partial charge in [-0.25, -0.2) is 4.79 Å². The highest BCUT2D eigenvalue weighted by Gasteiger charge is 2.18. The minimum Gasteiger partial charge on any atom is -0.465 e. The van der Waals surface area contributed by atoms with Crippen molar-refractivity contribution < 1.29 is 18.7 Å². The number of fused-ring (bicyclic) bond motifs is 1. The molecule has 7 nitrogen and oxygen atoms in total. The van der Waals surface area contributed by atoms with Gasteiger partial charge in [0, 0.05) is 11.6 Å². The quantitative estimate of drug-likeness (QED) is 0.358. The van der Waals surface area contributed by atoms with Gasteiger partial charge in [0.15, 0.2) is 5.58 Å². The fourth-order valence-corrected chi connectivity index (χ4v) is 3.49. The van der Waals surface area contributed by atoms with Crippen molar-refractivity contribution in [3.8, 4) is 0 Å². The minimum absolute atomic E-state index is 0.287. The van der Waals surface area contributed by atoms with Crippen LogP contribution in [0.5, 0.6) is 0 Å². The molecule has 33 heavy (non-hydrogen) atoms. The van der Waals surface area contributed by atoms with E-state index in [4.69, 9.17) is 20.8 Å². The van der Waals surface area contributed by atoms with Crippen LogP contribution in [-0.4, -0.2) is 24.0 Å². The Morgan fingerprint density at radius 3 is 2.48 bits per heavy atom. The SMILES string of the molecule is COC(=O)c1ccc([C@H](C)NC(=O)c2cccc3nc(NCc4ccc(Cl)cc4)oc23)cc1. The molecule has 0 aliphatic heterocycles. The molecule has 168 valence electrons. The molecule has 0 spiro atoms. The Labute approximate surface area is 195 Å². The van der Waals surface area contributed by atoms with Gasteiger partial charge in [0.1, 0.15) is 5.52 Å². The van der Waals surface area contributed by atoms with Crippen LogP contribution in [0.15, 0.2) is 71.1 Å². The number of esters is 1. The predicted octanol–water partition coefficient (Wildman–Crippen LogP) is 5.37. The average Bonchev–Trinajstić information content (AvgIpc) is 3.26. The summed E-state index contributed by atoms with van der Waals surface area (Å²) in [5.41, 5.74) is 3.69. The van der Waals surface area contributed by atoms with Gasteiger partial charge in [-0.1, -0.05) is 41.9 Å². The van der Waals surface area contributed by atoms with Gasteiger partial charge in [0.05, 0.1) is 24.3 Å². The summed E-state index contributed by atoms with van der Waals surface area (Å²) in [5.74, 6) is -0.693. The number of nitrogens with one attached hydrogen (secondary N) is 2. The fraction of sp³-hybridized carbons (Fsp3) is 0.160. The second-order valence-electron chi connectivity index (χ2n) is 7.46. The number of methoxy groups -OCH3 is 1. The predicted molar refractivity (Wildman–Crippen MR) is 126 cm³/mol. The van der Waals surface area contributed by atoms with E-state index < -0.39 is 5.97 Å². The summed E-state index contributed by atoms with van der Waals surface area (Å²) in [6, 6.07) is 19.6. The van der Waals surface area contributed by atoms with Gasteiger partial charge in [-0.05, 0) is 54.4 Å². The molecular formula is C25H22ClN3O4. The van der Waals surface area contributed by atoms with Crippen LogP contribution in [-0.2, 0) is 11.3 Å². The van der Waals surface area contributed by atoms with Crippen LogP contribution in [0.25, 0.3) is 11.1 Å². The maximum atomic E-state index is 13.0. The number of para-hydroxylation sites is 1. The number of ether oxygens (including phenoxy) is 1. The van der Waals surface area contributed by atoms with Crippen molar-refractivity contribution in [1.82, 2.24) is 10.3 Å². The van der Waals surface area contributed by atoms with Crippen LogP contribution in [0.3, 0.4) is 0 Å². The van der Waals surface area contributed by atoms with E-state index in [9.17, 15) is 9.59 Å². The van der Waals surface area contributed by atoms with E-state index in [1.165, 1.54) is 7.11 Å². The van der Waals surface area contributed by atoms with E-state index in [0.29, 0.717) is 39.8 Å². The number of carbonyl (C=O) groups is 2. The van der Waals surface area contributed by atoms with E-state index in [2.05, 4.69) is 15.6 Å². The lowest BCUT2D eigenvalue weighted by Crippen LogP contribution is -2.26. The van der Waals surface area contributed by atoms with Crippen molar-refractivity contribution in [1.29, 1.82) is 0 Å². The van der Waals surface area contributed by atoms with E-state index >= 15 is 0 Å². The van der Waals surface area contributed by atoms with Gasteiger partial charge >= 0.3 is 5.97 Å². The molecule has 0 aliphatic rings. The summed E-state index contributed by atoms with van der Waals surface area (Å²) in [4.78, 5) is 29.0. The van der Waals surface area contributed by atoms with Crippen molar-refractivity contribution in [3.63, 3.8) is 0 Å². The Morgan fingerprint density at radius 2 is 1.79 bits per heavy atom. The van der Waals surface area contributed by atoms with E-state index in [1.54, 1.807) is 42.5 Å². The Bertz CT molecular complexity index is 1280. The number of hydrogen-bond donors (Lipinski definition) is 2. The standard InChI is InChI=1S/C25H22ClN3O4/c1-15(17-8-10-18(11-9-17)24(31)32-2)28-23(30)20-4-3-5-21-22(20)33-25(29-21)27-14-16-6-12-19(26)13-7-16/h3-13,15H,14H2,1-2H3,(H,27,29)(H,28,30)/t15-/m0/s1. The van der Waals surface area contributed by atoms with Crippen LogP contribution in [0, 0.1) is 0 Å². The number of amides is 1. The topological polar surface area (TPSA) is 93.5 Å². The number of hydrogen-bond acceptors (Lipinski definition) is 6. The molecule has 3 aromatic carbocycles. The molecule has 1 atom stereocenters. The summed E-state index contributed by atoms with van der Waals surface area (Å²) in [7, 11) is 1.34.